The summed E-state index contributed by atoms with van der Waals surface area (Å²) >= 11 is 0. The molecule has 0 bridgehead atoms. The van der Waals surface area contributed by atoms with Gasteiger partial charge in [0.2, 0.25) is 17.8 Å². The molecule has 31 heavy (non-hydrogen) atoms. The van der Waals surface area contributed by atoms with Gasteiger partial charge in [-0.05, 0) is 37.1 Å². The molecule has 3 heterocycles. The van der Waals surface area contributed by atoms with Crippen LogP contribution in [0.3, 0.4) is 0 Å². The maximum absolute atomic E-state index is 13.2. The lowest BCUT2D eigenvalue weighted by Gasteiger charge is -2.32. The molecular weight excluding hydrogens is 392 g/mol. The van der Waals surface area contributed by atoms with Gasteiger partial charge in [0.1, 0.15) is 5.75 Å². The third-order valence-corrected chi connectivity index (χ3v) is 6.21. The number of anilines is 1. The van der Waals surface area contributed by atoms with Gasteiger partial charge in [-0.1, -0.05) is 30.3 Å². The van der Waals surface area contributed by atoms with Crippen molar-refractivity contribution >= 4 is 28.8 Å². The molecule has 5 rings (SSSR count). The fraction of sp³-hybridized carbons (Fsp3) is 0.375. The largest absolute Gasteiger partial charge is 0.493 e. The predicted molar refractivity (Wildman–Crippen MR) is 118 cm³/mol. The van der Waals surface area contributed by atoms with Crippen molar-refractivity contribution < 1.29 is 14.3 Å². The van der Waals surface area contributed by atoms with Crippen molar-refractivity contribution in [2.24, 2.45) is 5.92 Å². The number of rotatable bonds is 5. The Kier molecular flexibility index (Phi) is 5.32. The van der Waals surface area contributed by atoms with E-state index in [9.17, 15) is 9.59 Å². The first-order valence-corrected chi connectivity index (χ1v) is 10.9. The van der Waals surface area contributed by atoms with Crippen LogP contribution in [0.2, 0.25) is 0 Å². The Labute approximate surface area is 181 Å². The number of carbonyl (C=O) groups is 2. The molecule has 0 aliphatic carbocycles. The average Bonchev–Trinajstić information content (AvgIpc) is 3.39. The predicted octanol–water partition coefficient (Wildman–Crippen LogP) is 3.09. The van der Waals surface area contributed by atoms with E-state index in [1.807, 2.05) is 64.4 Å². The molecule has 3 aromatic rings. The minimum absolute atomic E-state index is 0.0593. The van der Waals surface area contributed by atoms with Crippen LogP contribution in [-0.2, 0) is 16.1 Å². The Morgan fingerprint density at radius 2 is 1.68 bits per heavy atom. The van der Waals surface area contributed by atoms with E-state index in [1.54, 1.807) is 0 Å². The maximum Gasteiger partial charge on any atom is 0.232 e. The first-order valence-electron chi connectivity index (χ1n) is 10.9. The molecule has 1 fully saturated rings. The van der Waals surface area contributed by atoms with E-state index < -0.39 is 0 Å². The molecule has 1 aromatic heterocycles. The van der Waals surface area contributed by atoms with Crippen LogP contribution in [0.1, 0.15) is 19.3 Å². The molecule has 2 aromatic carbocycles. The summed E-state index contributed by atoms with van der Waals surface area (Å²) in [6.07, 6.45) is 1.74. The molecule has 1 saturated heterocycles. The number of hydrogen-bond acceptors (Lipinski definition) is 4. The summed E-state index contributed by atoms with van der Waals surface area (Å²) in [5.74, 6) is 1.69. The zero-order valence-corrected chi connectivity index (χ0v) is 17.4. The van der Waals surface area contributed by atoms with Crippen molar-refractivity contribution in [2.45, 2.75) is 25.8 Å². The third kappa shape index (κ3) is 3.87. The summed E-state index contributed by atoms with van der Waals surface area (Å²) < 4.78 is 7.76. The number of amides is 2. The van der Waals surface area contributed by atoms with E-state index in [4.69, 9.17) is 4.74 Å². The van der Waals surface area contributed by atoms with Crippen LogP contribution >= 0.6 is 0 Å². The number of imidazole rings is 1. The van der Waals surface area contributed by atoms with Gasteiger partial charge in [0.25, 0.3) is 0 Å². The molecule has 160 valence electrons. The number of para-hydroxylation sites is 3. The van der Waals surface area contributed by atoms with Gasteiger partial charge in [0, 0.05) is 32.1 Å². The zero-order chi connectivity index (χ0) is 21.2. The SMILES string of the molecule is O=C(CCOc1ccccc1)N1CCC(C(=O)N2CCn3c2nc2ccccc23)CC1. The van der Waals surface area contributed by atoms with E-state index in [0.717, 1.165) is 29.3 Å². The van der Waals surface area contributed by atoms with Gasteiger partial charge in [-0.15, -0.1) is 0 Å². The highest BCUT2D eigenvalue weighted by Crippen LogP contribution is 2.30. The topological polar surface area (TPSA) is 67.7 Å². The molecule has 2 aliphatic rings. The van der Waals surface area contributed by atoms with Gasteiger partial charge in [-0.3, -0.25) is 14.5 Å². The number of benzene rings is 2. The first kappa shape index (κ1) is 19.6. The lowest BCUT2D eigenvalue weighted by atomic mass is 9.95. The molecule has 0 saturated carbocycles. The van der Waals surface area contributed by atoms with Crippen LogP contribution in [0.4, 0.5) is 5.95 Å². The number of nitrogens with zero attached hydrogens (tertiary/aromatic N) is 4. The molecule has 0 unspecified atom stereocenters. The van der Waals surface area contributed by atoms with Crippen molar-refractivity contribution in [3.8, 4) is 5.75 Å². The number of hydrogen-bond donors (Lipinski definition) is 0. The second-order valence-corrected chi connectivity index (χ2v) is 8.11. The van der Waals surface area contributed by atoms with Gasteiger partial charge in [-0.25, -0.2) is 4.98 Å². The van der Waals surface area contributed by atoms with Gasteiger partial charge >= 0.3 is 0 Å². The Balaban J connectivity index is 1.14. The minimum atomic E-state index is -0.0593. The van der Waals surface area contributed by atoms with Crippen LogP contribution in [-0.4, -0.2) is 52.5 Å². The van der Waals surface area contributed by atoms with Crippen LogP contribution in [0.5, 0.6) is 5.75 Å². The lowest BCUT2D eigenvalue weighted by Crippen LogP contribution is -2.44. The summed E-state index contributed by atoms with van der Waals surface area (Å²) in [7, 11) is 0. The van der Waals surface area contributed by atoms with E-state index in [1.165, 1.54) is 0 Å². The van der Waals surface area contributed by atoms with Crippen LogP contribution < -0.4 is 9.64 Å². The summed E-state index contributed by atoms with van der Waals surface area (Å²) in [5, 5.41) is 0. The average molecular weight is 418 g/mol. The Morgan fingerprint density at radius 3 is 2.48 bits per heavy atom. The number of piperidine rings is 1. The second kappa shape index (κ2) is 8.41. The summed E-state index contributed by atoms with van der Waals surface area (Å²) in [5.41, 5.74) is 2.00. The quantitative estimate of drug-likeness (QED) is 0.639. The van der Waals surface area contributed by atoms with Gasteiger partial charge in [-0.2, -0.15) is 0 Å². The number of carbonyl (C=O) groups excluding carboxylic acids is 2. The zero-order valence-electron chi connectivity index (χ0n) is 17.4. The molecule has 2 amide bonds. The number of ether oxygens (including phenoxy) is 1. The Morgan fingerprint density at radius 1 is 0.935 bits per heavy atom. The van der Waals surface area contributed by atoms with Gasteiger partial charge in [0.05, 0.1) is 24.1 Å². The Bertz CT molecular complexity index is 1090. The van der Waals surface area contributed by atoms with Crippen molar-refractivity contribution in [3.63, 3.8) is 0 Å². The molecule has 0 spiro atoms. The molecule has 7 heteroatoms. The van der Waals surface area contributed by atoms with Crippen LogP contribution in [0.25, 0.3) is 11.0 Å². The third-order valence-electron chi connectivity index (χ3n) is 6.21. The molecule has 0 N–H and O–H groups in total. The normalized spacial score (nSPS) is 16.5. The number of likely N-dealkylation sites (tertiary alicyclic amines) is 1. The van der Waals surface area contributed by atoms with Crippen LogP contribution in [0.15, 0.2) is 54.6 Å². The van der Waals surface area contributed by atoms with Crippen molar-refractivity contribution in [2.75, 3.05) is 31.1 Å². The van der Waals surface area contributed by atoms with E-state index in [2.05, 4.69) is 9.55 Å². The molecule has 7 nitrogen and oxygen atoms in total. The van der Waals surface area contributed by atoms with E-state index >= 15 is 0 Å². The monoisotopic (exact) mass is 418 g/mol. The van der Waals surface area contributed by atoms with Crippen molar-refractivity contribution in [1.29, 1.82) is 0 Å². The highest BCUT2D eigenvalue weighted by Gasteiger charge is 2.35. The summed E-state index contributed by atoms with van der Waals surface area (Å²) in [6.45, 7) is 3.05. The molecule has 0 atom stereocenters. The lowest BCUT2D eigenvalue weighted by molar-refractivity contribution is -0.135. The van der Waals surface area contributed by atoms with E-state index in [-0.39, 0.29) is 17.7 Å². The standard InChI is InChI=1S/C24H26N4O3/c29-22(12-17-31-19-6-2-1-3-7-19)26-13-10-18(11-14-26)23(30)28-16-15-27-21-9-5-4-8-20(21)25-24(27)28/h1-9,18H,10-17H2. The van der Waals surface area contributed by atoms with Crippen molar-refractivity contribution in [1.82, 2.24) is 14.5 Å². The van der Waals surface area contributed by atoms with Gasteiger partial charge < -0.3 is 14.2 Å². The smallest absolute Gasteiger partial charge is 0.232 e. The fourth-order valence-corrected chi connectivity index (χ4v) is 4.53. The Hall–Kier alpha value is -3.35. The minimum Gasteiger partial charge on any atom is -0.493 e. The fourth-order valence-electron chi connectivity index (χ4n) is 4.53. The van der Waals surface area contributed by atoms with Crippen LogP contribution in [0, 0.1) is 5.92 Å². The maximum atomic E-state index is 13.2. The first-order chi connectivity index (χ1) is 15.2. The second-order valence-electron chi connectivity index (χ2n) is 8.11. The molecular formula is C24H26N4O3. The van der Waals surface area contributed by atoms with Crippen molar-refractivity contribution in [3.05, 3.63) is 54.6 Å². The summed E-state index contributed by atoms with van der Waals surface area (Å²) in [6, 6.07) is 17.5. The summed E-state index contributed by atoms with van der Waals surface area (Å²) in [4.78, 5) is 34.1. The molecule has 0 radical (unpaired) electrons. The number of fused-ring (bicyclic) bond motifs is 3. The molecule has 2 aliphatic heterocycles. The highest BCUT2D eigenvalue weighted by molar-refractivity contribution is 5.96. The highest BCUT2D eigenvalue weighted by atomic mass is 16.5. The van der Waals surface area contributed by atoms with E-state index in [0.29, 0.717) is 45.5 Å². The van der Waals surface area contributed by atoms with Gasteiger partial charge in [0.15, 0.2) is 0 Å². The number of aromatic nitrogens is 2.